The van der Waals surface area contributed by atoms with Gasteiger partial charge in [0.1, 0.15) is 18.7 Å². The predicted molar refractivity (Wildman–Crippen MR) is 154 cm³/mol. The highest BCUT2D eigenvalue weighted by atomic mass is 32.1. The topological polar surface area (TPSA) is 79.0 Å². The summed E-state index contributed by atoms with van der Waals surface area (Å²) in [5.74, 6) is 0.331. The first-order chi connectivity index (χ1) is 16.9. The van der Waals surface area contributed by atoms with Crippen LogP contribution in [0.2, 0.25) is 0 Å². The van der Waals surface area contributed by atoms with E-state index in [0.717, 1.165) is 6.04 Å². The molecule has 1 aliphatic carbocycles. The van der Waals surface area contributed by atoms with Crippen LogP contribution in [0.1, 0.15) is 80.6 Å². The molecule has 2 amide bonds. The zero-order valence-electron chi connectivity index (χ0n) is 22.1. The van der Waals surface area contributed by atoms with Crippen LogP contribution in [0.15, 0.2) is 24.3 Å². The second kappa shape index (κ2) is 13.0. The Morgan fingerprint density at radius 2 is 1.68 bits per heavy atom. The number of fused-ring (bicyclic) bond motifs is 1. The number of ketones is 1. The summed E-state index contributed by atoms with van der Waals surface area (Å²) >= 11 is 0. The van der Waals surface area contributed by atoms with Gasteiger partial charge in [0.25, 0.3) is 5.91 Å². The number of ether oxygens (including phenoxy) is 1. The van der Waals surface area contributed by atoms with Gasteiger partial charge in [-0.2, -0.15) is 27.0 Å². The largest absolute Gasteiger partial charge is 0.368 e. The van der Waals surface area contributed by atoms with Crippen molar-refractivity contribution >= 4 is 44.6 Å². The van der Waals surface area contributed by atoms with Gasteiger partial charge in [-0.15, -0.1) is 0 Å². The summed E-state index contributed by atoms with van der Waals surface area (Å²) in [4.78, 5) is 43.1. The normalized spacial score (nSPS) is 25.2. The minimum Gasteiger partial charge on any atom is -0.368 e. The van der Waals surface area contributed by atoms with Crippen molar-refractivity contribution in [1.82, 2.24) is 15.1 Å². The highest BCUT2D eigenvalue weighted by molar-refractivity contribution is 7.59. The van der Waals surface area contributed by atoms with Crippen molar-refractivity contribution in [1.29, 1.82) is 0 Å². The highest BCUT2D eigenvalue weighted by Gasteiger charge is 2.48. The minimum absolute atomic E-state index is 0. The smallest absolute Gasteiger partial charge is 0.251 e. The molecule has 206 valence electrons. The molecule has 3 atom stereocenters. The van der Waals surface area contributed by atoms with E-state index < -0.39 is 12.1 Å². The molecule has 5 rings (SSSR count). The molecule has 7 nitrogen and oxygen atoms in total. The predicted octanol–water partition coefficient (Wildman–Crippen LogP) is 3.36. The summed E-state index contributed by atoms with van der Waals surface area (Å²) in [5, 5.41) is 2.98. The number of piperidine rings is 1. The number of rotatable bonds is 7. The average molecular weight is 550 g/mol. The average Bonchev–Trinajstić information content (AvgIpc) is 3.40. The van der Waals surface area contributed by atoms with Crippen LogP contribution in [0.4, 0.5) is 0 Å². The van der Waals surface area contributed by atoms with E-state index in [4.69, 9.17) is 4.74 Å². The molecular weight excluding hydrogens is 506 g/mol. The summed E-state index contributed by atoms with van der Waals surface area (Å²) in [5.41, 5.74) is 1.87. The van der Waals surface area contributed by atoms with Crippen molar-refractivity contribution in [2.75, 3.05) is 26.2 Å². The first-order valence-electron chi connectivity index (χ1n) is 13.5. The molecule has 1 saturated carbocycles. The molecule has 0 unspecified atom stereocenters. The van der Waals surface area contributed by atoms with Crippen LogP contribution in [-0.2, 0) is 14.3 Å². The molecule has 1 aromatic rings. The summed E-state index contributed by atoms with van der Waals surface area (Å²) in [6, 6.07) is 7.61. The van der Waals surface area contributed by atoms with E-state index in [1.54, 1.807) is 4.90 Å². The van der Waals surface area contributed by atoms with Crippen LogP contribution in [0.25, 0.3) is 0 Å². The first-order valence-corrected chi connectivity index (χ1v) is 13.5. The molecule has 3 saturated heterocycles. The van der Waals surface area contributed by atoms with Crippen molar-refractivity contribution in [2.24, 2.45) is 5.92 Å². The van der Waals surface area contributed by atoms with Gasteiger partial charge in [0.05, 0.1) is 6.10 Å². The third kappa shape index (κ3) is 6.54. The Morgan fingerprint density at radius 1 is 1.00 bits per heavy atom. The molecule has 1 aromatic carbocycles. The van der Waals surface area contributed by atoms with Gasteiger partial charge < -0.3 is 19.9 Å². The highest BCUT2D eigenvalue weighted by Crippen LogP contribution is 2.33. The van der Waals surface area contributed by atoms with Gasteiger partial charge in [0, 0.05) is 18.2 Å². The van der Waals surface area contributed by atoms with Crippen molar-refractivity contribution in [3.8, 4) is 0 Å². The third-order valence-corrected chi connectivity index (χ3v) is 8.47. The number of carbonyl (C=O) groups excluding carboxylic acids is 3. The fourth-order valence-electron chi connectivity index (χ4n) is 6.23. The number of nitrogens with zero attached hydrogens (tertiary/aromatic N) is 2. The minimum atomic E-state index is -0.648. The lowest BCUT2D eigenvalue weighted by molar-refractivity contribution is -0.138. The fraction of sp³-hybridized carbons (Fsp3) is 0.679. The molecule has 1 N–H and O–H groups in total. The molecule has 37 heavy (non-hydrogen) atoms. The molecule has 0 spiro atoms. The molecule has 9 heteroatoms. The lowest BCUT2D eigenvalue weighted by atomic mass is 9.85. The maximum absolute atomic E-state index is 13.4. The third-order valence-electron chi connectivity index (χ3n) is 8.47. The lowest BCUT2D eigenvalue weighted by Gasteiger charge is -2.42. The van der Waals surface area contributed by atoms with Crippen molar-refractivity contribution < 1.29 is 19.1 Å². The number of likely N-dealkylation sites (tertiary alicyclic amines) is 2. The zero-order valence-corrected chi connectivity index (χ0v) is 24.1. The molecule has 0 bridgehead atoms. The van der Waals surface area contributed by atoms with E-state index >= 15 is 0 Å². The maximum atomic E-state index is 13.4. The van der Waals surface area contributed by atoms with Crippen LogP contribution in [0.3, 0.4) is 0 Å². The van der Waals surface area contributed by atoms with Gasteiger partial charge >= 0.3 is 0 Å². The van der Waals surface area contributed by atoms with Crippen molar-refractivity contribution in [2.45, 2.75) is 88.9 Å². The van der Waals surface area contributed by atoms with E-state index in [-0.39, 0.29) is 63.2 Å². The first kappa shape index (κ1) is 30.0. The van der Waals surface area contributed by atoms with E-state index in [2.05, 4.69) is 22.3 Å². The number of nitrogens with one attached hydrogen (secondary N) is 1. The number of carbonyl (C=O) groups is 3. The Kier molecular flexibility index (Phi) is 10.5. The Labute approximate surface area is 234 Å². The van der Waals surface area contributed by atoms with Crippen LogP contribution in [0, 0.1) is 5.92 Å². The van der Waals surface area contributed by atoms with Crippen LogP contribution >= 0.6 is 27.0 Å². The fourth-order valence-corrected chi connectivity index (χ4v) is 6.23. The molecule has 0 aromatic heterocycles. The van der Waals surface area contributed by atoms with Gasteiger partial charge in [-0.1, -0.05) is 32.4 Å². The number of amides is 2. The number of hydrogen-bond donors (Lipinski definition) is 1. The summed E-state index contributed by atoms with van der Waals surface area (Å²) < 4.78 is 5.53. The lowest BCUT2D eigenvalue weighted by Crippen LogP contribution is -2.52. The molecular formula is C28H43N3O4S2. The SMILES string of the molecule is CC(C)C[C@H](NC(=O)c1ccc(C2CCN(C3CCC3)CC2)cc1)C(=O)N1CC[C@H]2OCC(=O)[C@H]21.S.S. The molecule has 3 heterocycles. The zero-order chi connectivity index (χ0) is 24.5. The maximum Gasteiger partial charge on any atom is 0.251 e. The molecule has 0 radical (unpaired) electrons. The standard InChI is InChI=1S/C28H39N3O4.2H2S/c1-18(2)16-23(28(34)31-15-12-25-26(31)24(32)17-35-25)29-27(33)21-8-6-19(7-9-21)20-10-13-30(14-11-20)22-4-3-5-22;;/h6-9,18,20,22-23,25-26H,3-5,10-17H2,1-2H3,(H,29,33);2*1H2/t23-,25+,26+;;/m0../s1. The number of hydrogen-bond acceptors (Lipinski definition) is 5. The van der Waals surface area contributed by atoms with Gasteiger partial charge in [-0.05, 0) is 81.1 Å². The van der Waals surface area contributed by atoms with Gasteiger partial charge in [0.2, 0.25) is 5.91 Å². The van der Waals surface area contributed by atoms with Crippen LogP contribution in [0.5, 0.6) is 0 Å². The van der Waals surface area contributed by atoms with Crippen LogP contribution in [-0.4, -0.2) is 77.9 Å². The van der Waals surface area contributed by atoms with E-state index in [9.17, 15) is 14.4 Å². The van der Waals surface area contributed by atoms with Crippen molar-refractivity contribution in [3.05, 3.63) is 35.4 Å². The summed E-state index contributed by atoms with van der Waals surface area (Å²) in [6.07, 6.45) is 7.45. The van der Waals surface area contributed by atoms with Gasteiger partial charge in [-0.25, -0.2) is 0 Å². The van der Waals surface area contributed by atoms with Crippen molar-refractivity contribution in [3.63, 3.8) is 0 Å². The number of Topliss-reactive ketones (excluding diaryl/α,β-unsaturated/α-hetero) is 1. The molecule has 4 aliphatic rings. The Morgan fingerprint density at radius 3 is 2.27 bits per heavy atom. The number of benzene rings is 1. The quantitative estimate of drug-likeness (QED) is 0.564. The Hall–Kier alpha value is -1.55. The van der Waals surface area contributed by atoms with E-state index in [1.165, 1.54) is 50.8 Å². The second-order valence-corrected chi connectivity index (χ2v) is 11.3. The monoisotopic (exact) mass is 549 g/mol. The van der Waals surface area contributed by atoms with Gasteiger partial charge in [0.15, 0.2) is 5.78 Å². The summed E-state index contributed by atoms with van der Waals surface area (Å²) in [7, 11) is 0. The second-order valence-electron chi connectivity index (χ2n) is 11.3. The molecule has 4 fully saturated rings. The molecule has 3 aliphatic heterocycles. The Balaban J connectivity index is 0.00000190. The van der Waals surface area contributed by atoms with E-state index in [0.29, 0.717) is 30.9 Å². The van der Waals surface area contributed by atoms with Gasteiger partial charge in [-0.3, -0.25) is 14.4 Å². The van der Waals surface area contributed by atoms with Crippen LogP contribution < -0.4 is 5.32 Å². The Bertz CT molecular complexity index is 945. The van der Waals surface area contributed by atoms with E-state index in [1.807, 2.05) is 26.0 Å². The summed E-state index contributed by atoms with van der Waals surface area (Å²) in [6.45, 7) is 6.98.